The van der Waals surface area contributed by atoms with E-state index in [1.807, 2.05) is 0 Å². The first-order valence-corrected chi connectivity index (χ1v) is 13.7. The topological polar surface area (TPSA) is 63.6 Å². The molecule has 0 heterocycles. The van der Waals surface area contributed by atoms with Crippen molar-refractivity contribution in [3.05, 3.63) is 59.7 Å². The molecule has 0 amide bonds. The van der Waals surface area contributed by atoms with Gasteiger partial charge in [0.1, 0.15) is 11.5 Å². The normalized spacial score (nSPS) is 19.8. The Morgan fingerprint density at radius 2 is 1.09 bits per heavy atom. The first-order valence-electron chi connectivity index (χ1n) is 12.3. The highest BCUT2D eigenvalue weighted by atomic mass is 32.2. The number of halogens is 3. The van der Waals surface area contributed by atoms with Crippen molar-refractivity contribution in [3.8, 4) is 11.5 Å². The number of hydrogen-bond acceptors (Lipinski definition) is 4. The molecule has 1 N–H and O–H groups in total. The van der Waals surface area contributed by atoms with Gasteiger partial charge >= 0.3 is 15.6 Å². The van der Waals surface area contributed by atoms with E-state index in [1.54, 1.807) is 24.3 Å². The van der Waals surface area contributed by atoms with Crippen molar-refractivity contribution in [2.75, 3.05) is 0 Å². The molecule has 0 spiro atoms. The minimum Gasteiger partial charge on any atom is -0.508 e. The molecule has 0 aliphatic heterocycles. The number of benzene rings is 2. The van der Waals surface area contributed by atoms with Gasteiger partial charge in [0.15, 0.2) is 0 Å². The second-order valence-electron chi connectivity index (χ2n) is 10.3. The van der Waals surface area contributed by atoms with E-state index < -0.39 is 15.6 Å². The molecule has 2 fully saturated rings. The summed E-state index contributed by atoms with van der Waals surface area (Å²) < 4.78 is 62.6. The maximum Gasteiger partial charge on any atom is 0.534 e. The maximum atomic E-state index is 12.2. The third-order valence-corrected chi connectivity index (χ3v) is 8.50. The van der Waals surface area contributed by atoms with E-state index in [0.717, 1.165) is 31.2 Å². The fraction of sp³-hybridized carbons (Fsp3) is 0.556. The van der Waals surface area contributed by atoms with Gasteiger partial charge in [-0.05, 0) is 71.9 Å². The highest BCUT2D eigenvalue weighted by Gasteiger charge is 2.48. The Bertz CT molecular complexity index is 1050. The summed E-state index contributed by atoms with van der Waals surface area (Å²) in [4.78, 5) is 0. The lowest BCUT2D eigenvalue weighted by Crippen LogP contribution is -2.28. The van der Waals surface area contributed by atoms with Gasteiger partial charge in [0, 0.05) is 0 Å². The number of rotatable bonds is 4. The summed E-state index contributed by atoms with van der Waals surface area (Å²) in [5.74, 6) is 0.0450. The standard InChI is InChI=1S/C14H17F3O3S.C13H18O/c1-13(9-3-2-4-10-13)11-5-7-12(8-6-11)20-21(18,19)14(15,16)17;1-13(9-3-2-4-10-13)11-5-7-12(14)8-6-11/h5-8H,2-4,9-10H2,1H3;5-8,14H,2-4,9-10H2,1H3. The molecule has 2 aliphatic carbocycles. The van der Waals surface area contributed by atoms with E-state index in [1.165, 1.54) is 56.2 Å². The van der Waals surface area contributed by atoms with Crippen LogP contribution in [0.25, 0.3) is 0 Å². The minimum atomic E-state index is -5.60. The van der Waals surface area contributed by atoms with Gasteiger partial charge < -0.3 is 9.29 Å². The molecule has 0 unspecified atom stereocenters. The van der Waals surface area contributed by atoms with Gasteiger partial charge in [-0.3, -0.25) is 0 Å². The van der Waals surface area contributed by atoms with Crippen molar-refractivity contribution in [2.45, 2.75) is 94.4 Å². The fourth-order valence-electron chi connectivity index (χ4n) is 5.19. The van der Waals surface area contributed by atoms with E-state index in [0.29, 0.717) is 11.2 Å². The molecule has 0 atom stereocenters. The Kier molecular flexibility index (Phi) is 8.45. The molecule has 2 aromatic rings. The van der Waals surface area contributed by atoms with Gasteiger partial charge in [-0.1, -0.05) is 76.6 Å². The van der Waals surface area contributed by atoms with Crippen molar-refractivity contribution >= 4 is 10.1 Å². The van der Waals surface area contributed by atoms with Crippen LogP contribution in [0.15, 0.2) is 48.5 Å². The van der Waals surface area contributed by atoms with Crippen molar-refractivity contribution in [1.29, 1.82) is 0 Å². The predicted molar refractivity (Wildman–Crippen MR) is 131 cm³/mol. The summed E-state index contributed by atoms with van der Waals surface area (Å²) in [5, 5.41) is 9.24. The van der Waals surface area contributed by atoms with Crippen LogP contribution in [-0.4, -0.2) is 19.0 Å². The number of phenolic OH excluding ortho intramolecular Hbond substituents is 1. The van der Waals surface area contributed by atoms with Gasteiger partial charge in [-0.25, -0.2) is 0 Å². The van der Waals surface area contributed by atoms with Crippen LogP contribution in [0.5, 0.6) is 11.5 Å². The third kappa shape index (κ3) is 6.93. The van der Waals surface area contributed by atoms with Crippen LogP contribution in [0.1, 0.15) is 89.2 Å². The van der Waals surface area contributed by atoms with Gasteiger partial charge in [-0.15, -0.1) is 0 Å². The number of phenols is 1. The van der Waals surface area contributed by atoms with Gasteiger partial charge in [-0.2, -0.15) is 21.6 Å². The zero-order valence-corrected chi connectivity index (χ0v) is 21.2. The first kappa shape index (κ1) is 27.4. The number of hydrogen-bond donors (Lipinski definition) is 1. The zero-order chi connectivity index (χ0) is 25.7. The summed E-state index contributed by atoms with van der Waals surface area (Å²) in [6.45, 7) is 4.47. The summed E-state index contributed by atoms with van der Waals surface area (Å²) in [7, 11) is -5.60. The zero-order valence-electron chi connectivity index (χ0n) is 20.4. The highest BCUT2D eigenvalue weighted by Crippen LogP contribution is 2.40. The lowest BCUT2D eigenvalue weighted by atomic mass is 9.71. The second-order valence-corrected chi connectivity index (χ2v) is 11.8. The largest absolute Gasteiger partial charge is 0.534 e. The second kappa shape index (κ2) is 10.8. The molecule has 2 aromatic carbocycles. The van der Waals surface area contributed by atoms with Crippen LogP contribution in [0.3, 0.4) is 0 Å². The molecule has 2 saturated carbocycles. The third-order valence-electron chi connectivity index (χ3n) is 7.52. The fourth-order valence-corrected chi connectivity index (χ4v) is 5.65. The van der Waals surface area contributed by atoms with Gasteiger partial charge in [0.2, 0.25) is 0 Å². The van der Waals surface area contributed by atoms with Gasteiger partial charge in [0.05, 0.1) is 0 Å². The summed E-state index contributed by atoms with van der Waals surface area (Å²) in [6.07, 6.45) is 12.1. The summed E-state index contributed by atoms with van der Waals surface area (Å²) in [6, 6.07) is 13.6. The Morgan fingerprint density at radius 3 is 1.46 bits per heavy atom. The lowest BCUT2D eigenvalue weighted by molar-refractivity contribution is -0.0500. The SMILES string of the molecule is CC1(c2ccc(O)cc2)CCCCC1.CC1(c2ccc(OS(=O)(=O)C(F)(F)F)cc2)CCCCC1. The van der Waals surface area contributed by atoms with Crippen LogP contribution >= 0.6 is 0 Å². The van der Waals surface area contributed by atoms with Crippen LogP contribution in [-0.2, 0) is 20.9 Å². The smallest absolute Gasteiger partial charge is 0.508 e. The molecule has 4 nitrogen and oxygen atoms in total. The highest BCUT2D eigenvalue weighted by molar-refractivity contribution is 7.88. The Balaban J connectivity index is 0.000000211. The van der Waals surface area contributed by atoms with Crippen molar-refractivity contribution in [2.24, 2.45) is 0 Å². The quantitative estimate of drug-likeness (QED) is 0.336. The van der Waals surface area contributed by atoms with Crippen LogP contribution in [0, 0.1) is 0 Å². The van der Waals surface area contributed by atoms with E-state index in [2.05, 4.69) is 30.2 Å². The van der Waals surface area contributed by atoms with Crippen LogP contribution < -0.4 is 4.18 Å². The van der Waals surface area contributed by atoms with E-state index >= 15 is 0 Å². The molecule has 194 valence electrons. The predicted octanol–water partition coefficient (Wildman–Crippen LogP) is 7.75. The molecular formula is C27H35F3O4S. The Morgan fingerprint density at radius 1 is 0.714 bits per heavy atom. The maximum absolute atomic E-state index is 12.2. The molecule has 4 rings (SSSR count). The molecule has 35 heavy (non-hydrogen) atoms. The van der Waals surface area contributed by atoms with Gasteiger partial charge in [0.25, 0.3) is 0 Å². The summed E-state index contributed by atoms with van der Waals surface area (Å²) >= 11 is 0. The van der Waals surface area contributed by atoms with E-state index in [-0.39, 0.29) is 11.2 Å². The molecule has 0 saturated heterocycles. The van der Waals surface area contributed by atoms with E-state index in [9.17, 15) is 26.7 Å². The molecular weight excluding hydrogens is 477 g/mol. The molecule has 0 radical (unpaired) electrons. The average molecular weight is 513 g/mol. The average Bonchev–Trinajstić information content (AvgIpc) is 2.80. The number of alkyl halides is 3. The van der Waals surface area contributed by atoms with E-state index in [4.69, 9.17) is 0 Å². The lowest BCUT2D eigenvalue weighted by Gasteiger charge is -2.34. The number of aromatic hydroxyl groups is 1. The van der Waals surface area contributed by atoms with Crippen LogP contribution in [0.2, 0.25) is 0 Å². The summed E-state index contributed by atoms with van der Waals surface area (Å²) in [5.41, 5.74) is -2.68. The van der Waals surface area contributed by atoms with Crippen LogP contribution in [0.4, 0.5) is 13.2 Å². The molecule has 0 aromatic heterocycles. The molecule has 2 aliphatic rings. The first-order chi connectivity index (χ1) is 16.3. The van der Waals surface area contributed by atoms with Crippen molar-refractivity contribution in [3.63, 3.8) is 0 Å². The Hall–Kier alpha value is -2.22. The minimum absolute atomic E-state index is 0.000315. The monoisotopic (exact) mass is 512 g/mol. The van der Waals surface area contributed by atoms with Crippen molar-refractivity contribution < 1.29 is 30.9 Å². The molecule has 0 bridgehead atoms. The van der Waals surface area contributed by atoms with Crippen molar-refractivity contribution in [1.82, 2.24) is 0 Å². The Labute approximate surface area is 206 Å². The molecule has 8 heteroatoms.